The Hall–Kier alpha value is -3.02. The molecule has 2 aromatic carbocycles. The summed E-state index contributed by atoms with van der Waals surface area (Å²) < 4.78 is 22.5. The van der Waals surface area contributed by atoms with Crippen LogP contribution < -0.4 is 18.9 Å². The summed E-state index contributed by atoms with van der Waals surface area (Å²) in [5, 5.41) is 0. The van der Waals surface area contributed by atoms with Crippen molar-refractivity contribution in [1.82, 2.24) is 0 Å². The predicted octanol–water partition coefficient (Wildman–Crippen LogP) is 10.3. The van der Waals surface area contributed by atoms with E-state index in [1.807, 2.05) is 0 Å². The third kappa shape index (κ3) is 17.6. The fraction of sp³-hybridized carbons (Fsp3) is 0.622. The number of carbonyl (C=O) groups is 2. The average molecular weight is 597 g/mol. The summed E-state index contributed by atoms with van der Waals surface area (Å²) in [4.78, 5) is 24.9. The minimum atomic E-state index is -0.639. The number of esters is 2. The first-order valence-electron chi connectivity index (χ1n) is 16.9. The summed E-state index contributed by atoms with van der Waals surface area (Å²) in [6, 6.07) is 14.0. The van der Waals surface area contributed by atoms with E-state index in [0.29, 0.717) is 24.7 Å². The molecule has 0 bridgehead atoms. The predicted molar refractivity (Wildman–Crippen MR) is 174 cm³/mol. The number of carbonyl (C=O) groups excluding carboxylic acids is 2. The van der Waals surface area contributed by atoms with Crippen LogP contribution in [0.15, 0.2) is 48.5 Å². The van der Waals surface area contributed by atoms with Gasteiger partial charge in [0, 0.05) is 0 Å². The van der Waals surface area contributed by atoms with E-state index in [0.717, 1.165) is 24.3 Å². The molecule has 0 spiro atoms. The molecule has 0 N–H and O–H groups in total. The van der Waals surface area contributed by atoms with Crippen molar-refractivity contribution in [2.75, 3.05) is 13.2 Å². The molecular weight excluding hydrogens is 540 g/mol. The van der Waals surface area contributed by atoms with E-state index in [2.05, 4.69) is 13.8 Å². The first-order valence-corrected chi connectivity index (χ1v) is 16.9. The van der Waals surface area contributed by atoms with Crippen LogP contribution in [-0.2, 0) is 9.59 Å². The first kappa shape index (κ1) is 36.2. The molecule has 0 fully saturated rings. The third-order valence-electron chi connectivity index (χ3n) is 7.51. The molecule has 6 nitrogen and oxygen atoms in total. The van der Waals surface area contributed by atoms with Gasteiger partial charge in [-0.15, -0.1) is 0 Å². The van der Waals surface area contributed by atoms with Crippen LogP contribution in [0.5, 0.6) is 23.0 Å². The van der Waals surface area contributed by atoms with Gasteiger partial charge >= 0.3 is 11.9 Å². The SMILES string of the molecule is CCCCCCCCCCOc1ccc(OC(=O)CC(C)C(=O)Oc2ccc(OCCCCCCCCCC)cc2)cc1. The van der Waals surface area contributed by atoms with Crippen LogP contribution in [0.1, 0.15) is 130 Å². The Bertz CT molecular complexity index is 985. The Morgan fingerprint density at radius 1 is 0.512 bits per heavy atom. The van der Waals surface area contributed by atoms with Gasteiger partial charge in [0.25, 0.3) is 0 Å². The van der Waals surface area contributed by atoms with Crippen LogP contribution in [0.4, 0.5) is 0 Å². The average Bonchev–Trinajstić information content (AvgIpc) is 3.01. The minimum Gasteiger partial charge on any atom is -0.494 e. The molecule has 0 amide bonds. The molecular formula is C37H56O6. The molecule has 0 heterocycles. The van der Waals surface area contributed by atoms with E-state index in [1.165, 1.54) is 89.9 Å². The molecule has 1 unspecified atom stereocenters. The number of benzene rings is 2. The van der Waals surface area contributed by atoms with E-state index < -0.39 is 17.9 Å². The molecule has 0 aliphatic rings. The largest absolute Gasteiger partial charge is 0.494 e. The molecule has 0 saturated heterocycles. The molecule has 240 valence electrons. The van der Waals surface area contributed by atoms with Crippen molar-refractivity contribution in [3.63, 3.8) is 0 Å². The maximum atomic E-state index is 12.5. The van der Waals surface area contributed by atoms with Crippen molar-refractivity contribution >= 4 is 11.9 Å². The van der Waals surface area contributed by atoms with Crippen molar-refractivity contribution in [1.29, 1.82) is 0 Å². The lowest BCUT2D eigenvalue weighted by atomic mass is 10.1. The second kappa shape index (κ2) is 23.4. The Balaban J connectivity index is 1.58. The van der Waals surface area contributed by atoms with Crippen LogP contribution >= 0.6 is 0 Å². The number of unbranched alkanes of at least 4 members (excludes halogenated alkanes) is 14. The highest BCUT2D eigenvalue weighted by atomic mass is 16.5. The molecule has 2 aromatic rings. The lowest BCUT2D eigenvalue weighted by Gasteiger charge is -2.12. The highest BCUT2D eigenvalue weighted by Gasteiger charge is 2.20. The standard InChI is InChI=1S/C37H56O6/c1-4-6-8-10-12-14-16-18-28-40-32-20-24-34(25-21-32)42-36(38)30-31(3)37(39)43-35-26-22-33(23-27-35)41-29-19-17-15-13-11-9-7-5-2/h20-27,31H,4-19,28-30H2,1-3H3. The number of hydrogen-bond acceptors (Lipinski definition) is 6. The van der Waals surface area contributed by atoms with Crippen LogP contribution in [0.3, 0.4) is 0 Å². The monoisotopic (exact) mass is 596 g/mol. The highest BCUT2D eigenvalue weighted by molar-refractivity contribution is 5.82. The highest BCUT2D eigenvalue weighted by Crippen LogP contribution is 2.22. The van der Waals surface area contributed by atoms with Gasteiger partial charge in [0.05, 0.1) is 25.6 Å². The molecule has 0 radical (unpaired) electrons. The van der Waals surface area contributed by atoms with Crippen LogP contribution in [-0.4, -0.2) is 25.2 Å². The van der Waals surface area contributed by atoms with Crippen molar-refractivity contribution < 1.29 is 28.5 Å². The van der Waals surface area contributed by atoms with Crippen molar-refractivity contribution in [3.05, 3.63) is 48.5 Å². The van der Waals surface area contributed by atoms with Gasteiger partial charge in [0.2, 0.25) is 0 Å². The second-order valence-electron chi connectivity index (χ2n) is 11.6. The summed E-state index contributed by atoms with van der Waals surface area (Å²) in [7, 11) is 0. The van der Waals surface area contributed by atoms with Crippen LogP contribution in [0.2, 0.25) is 0 Å². The quantitative estimate of drug-likeness (QED) is 0.0645. The molecule has 2 rings (SSSR count). The zero-order valence-corrected chi connectivity index (χ0v) is 27.1. The summed E-state index contributed by atoms with van der Waals surface area (Å²) in [6.07, 6.45) is 20.1. The van der Waals surface area contributed by atoms with E-state index >= 15 is 0 Å². The smallest absolute Gasteiger partial charge is 0.314 e. The van der Waals surface area contributed by atoms with Gasteiger partial charge in [-0.1, -0.05) is 111 Å². The van der Waals surface area contributed by atoms with Gasteiger partial charge in [0.15, 0.2) is 0 Å². The van der Waals surface area contributed by atoms with E-state index in [9.17, 15) is 9.59 Å². The summed E-state index contributed by atoms with van der Waals surface area (Å²) in [5.41, 5.74) is 0. The molecule has 0 aliphatic carbocycles. The number of ether oxygens (including phenoxy) is 4. The van der Waals surface area contributed by atoms with E-state index in [4.69, 9.17) is 18.9 Å². The van der Waals surface area contributed by atoms with Crippen LogP contribution in [0.25, 0.3) is 0 Å². The Kier molecular flexibility index (Phi) is 19.7. The molecule has 6 heteroatoms. The summed E-state index contributed by atoms with van der Waals surface area (Å²) in [6.45, 7) is 7.50. The molecule has 43 heavy (non-hydrogen) atoms. The Morgan fingerprint density at radius 2 is 0.860 bits per heavy atom. The summed E-state index contributed by atoms with van der Waals surface area (Å²) in [5.74, 6) is 0.753. The van der Waals surface area contributed by atoms with Gasteiger partial charge in [0.1, 0.15) is 23.0 Å². The lowest BCUT2D eigenvalue weighted by Crippen LogP contribution is -2.22. The fourth-order valence-electron chi connectivity index (χ4n) is 4.78. The normalized spacial score (nSPS) is 11.6. The lowest BCUT2D eigenvalue weighted by molar-refractivity contribution is -0.144. The molecule has 0 aromatic heterocycles. The van der Waals surface area contributed by atoms with Crippen LogP contribution in [0, 0.1) is 5.92 Å². The van der Waals surface area contributed by atoms with Gasteiger partial charge in [-0.3, -0.25) is 9.59 Å². The molecule has 0 saturated carbocycles. The zero-order chi connectivity index (χ0) is 31.0. The molecule has 1 atom stereocenters. The van der Waals surface area contributed by atoms with Gasteiger partial charge in [-0.05, 0) is 61.4 Å². The van der Waals surface area contributed by atoms with E-state index in [1.54, 1.807) is 55.5 Å². The fourth-order valence-corrected chi connectivity index (χ4v) is 4.78. The van der Waals surface area contributed by atoms with Crippen molar-refractivity contribution in [2.24, 2.45) is 5.92 Å². The summed E-state index contributed by atoms with van der Waals surface area (Å²) >= 11 is 0. The topological polar surface area (TPSA) is 71.1 Å². The van der Waals surface area contributed by atoms with Crippen molar-refractivity contribution in [3.8, 4) is 23.0 Å². The first-order chi connectivity index (χ1) is 21.0. The Labute approximate surface area is 260 Å². The van der Waals surface area contributed by atoms with E-state index in [-0.39, 0.29) is 6.42 Å². The molecule has 0 aliphatic heterocycles. The minimum absolute atomic E-state index is 0.0741. The van der Waals surface area contributed by atoms with Gasteiger partial charge < -0.3 is 18.9 Å². The third-order valence-corrected chi connectivity index (χ3v) is 7.51. The maximum absolute atomic E-state index is 12.5. The van der Waals surface area contributed by atoms with Gasteiger partial charge in [-0.25, -0.2) is 0 Å². The van der Waals surface area contributed by atoms with Crippen molar-refractivity contribution in [2.45, 2.75) is 130 Å². The Morgan fingerprint density at radius 3 is 1.28 bits per heavy atom. The second-order valence-corrected chi connectivity index (χ2v) is 11.6. The maximum Gasteiger partial charge on any atom is 0.314 e. The number of rotatable bonds is 25. The zero-order valence-electron chi connectivity index (χ0n) is 27.1. The number of hydrogen-bond donors (Lipinski definition) is 0. The van der Waals surface area contributed by atoms with Gasteiger partial charge in [-0.2, -0.15) is 0 Å².